The molecule has 3 aromatic rings. The molecule has 2 N–H and O–H groups in total. The Morgan fingerprint density at radius 3 is 2.46 bits per heavy atom. The molecular weight excluding hydrogens is 448 g/mol. The number of carbonyl (C=O) groups is 2. The van der Waals surface area contributed by atoms with Crippen molar-refractivity contribution in [1.82, 2.24) is 14.8 Å². The highest BCUT2D eigenvalue weighted by Gasteiger charge is 2.20. The molecule has 0 saturated carbocycles. The highest BCUT2D eigenvalue weighted by molar-refractivity contribution is 6.04. The first-order valence-electron chi connectivity index (χ1n) is 11.5. The van der Waals surface area contributed by atoms with Crippen molar-refractivity contribution in [3.05, 3.63) is 76.2 Å². The quantitative estimate of drug-likeness (QED) is 0.588. The number of nitrogens with one attached hydrogen (secondary N) is 2. The Balaban J connectivity index is 1.25. The van der Waals surface area contributed by atoms with Crippen molar-refractivity contribution in [3.8, 4) is 22.6 Å². The third kappa shape index (κ3) is 5.04. The number of ether oxygens (including phenoxy) is 2. The van der Waals surface area contributed by atoms with Crippen molar-refractivity contribution in [2.24, 2.45) is 0 Å². The summed E-state index contributed by atoms with van der Waals surface area (Å²) in [5.41, 5.74) is 2.38. The Hall–Kier alpha value is -4.11. The van der Waals surface area contributed by atoms with E-state index < -0.39 is 11.5 Å². The van der Waals surface area contributed by atoms with Gasteiger partial charge in [-0.2, -0.15) is 0 Å². The van der Waals surface area contributed by atoms with Gasteiger partial charge >= 0.3 is 0 Å². The first kappa shape index (κ1) is 22.7. The third-order valence-corrected chi connectivity index (χ3v) is 6.28. The number of carbonyl (C=O) groups excluding carboxylic acids is 2. The predicted octanol–water partition coefficient (Wildman–Crippen LogP) is 2.34. The second kappa shape index (κ2) is 9.63. The number of aromatic nitrogens is 1. The fourth-order valence-electron chi connectivity index (χ4n) is 4.14. The summed E-state index contributed by atoms with van der Waals surface area (Å²) in [7, 11) is 2.05. The molecule has 9 heteroatoms. The molecule has 0 atom stereocenters. The summed E-state index contributed by atoms with van der Waals surface area (Å²) in [5.74, 6) is 0.854. The lowest BCUT2D eigenvalue weighted by molar-refractivity contribution is -0.132. The van der Waals surface area contributed by atoms with Crippen LogP contribution in [0.5, 0.6) is 11.5 Å². The van der Waals surface area contributed by atoms with Gasteiger partial charge in [-0.25, -0.2) is 0 Å². The normalized spacial score (nSPS) is 15.2. The van der Waals surface area contributed by atoms with Crippen molar-refractivity contribution in [1.29, 1.82) is 0 Å². The number of pyridine rings is 1. The van der Waals surface area contributed by atoms with Crippen LogP contribution in [-0.4, -0.2) is 66.6 Å². The van der Waals surface area contributed by atoms with Gasteiger partial charge in [0, 0.05) is 38.1 Å². The number of fused-ring (bicyclic) bond motifs is 1. The van der Waals surface area contributed by atoms with E-state index in [9.17, 15) is 14.4 Å². The molecule has 0 radical (unpaired) electrons. The first-order valence-corrected chi connectivity index (χ1v) is 11.5. The number of hydrogen-bond acceptors (Lipinski definition) is 6. The van der Waals surface area contributed by atoms with Gasteiger partial charge in [0.25, 0.3) is 11.5 Å². The number of amides is 2. The minimum atomic E-state index is -0.518. The van der Waals surface area contributed by atoms with Gasteiger partial charge in [-0.15, -0.1) is 0 Å². The molecule has 2 amide bonds. The molecule has 2 aliphatic heterocycles. The largest absolute Gasteiger partial charge is 0.454 e. The van der Waals surface area contributed by atoms with E-state index in [1.807, 2.05) is 23.1 Å². The predicted molar refractivity (Wildman–Crippen MR) is 131 cm³/mol. The summed E-state index contributed by atoms with van der Waals surface area (Å²) in [5, 5.41) is 2.76. The van der Waals surface area contributed by atoms with Crippen molar-refractivity contribution >= 4 is 17.5 Å². The Morgan fingerprint density at radius 1 is 0.943 bits per heavy atom. The summed E-state index contributed by atoms with van der Waals surface area (Å²) in [6.07, 6.45) is 1.87. The van der Waals surface area contributed by atoms with Gasteiger partial charge in [0.1, 0.15) is 5.56 Å². The van der Waals surface area contributed by atoms with E-state index in [0.29, 0.717) is 29.2 Å². The lowest BCUT2D eigenvalue weighted by Gasteiger charge is -2.32. The summed E-state index contributed by atoms with van der Waals surface area (Å²) in [6.45, 7) is 3.41. The molecule has 0 unspecified atom stereocenters. The molecule has 2 aromatic carbocycles. The zero-order valence-electron chi connectivity index (χ0n) is 19.4. The van der Waals surface area contributed by atoms with Crippen molar-refractivity contribution in [3.63, 3.8) is 0 Å². The average molecular weight is 475 g/mol. The van der Waals surface area contributed by atoms with Crippen LogP contribution in [0.4, 0.5) is 5.69 Å². The smallest absolute Gasteiger partial charge is 0.261 e. The van der Waals surface area contributed by atoms with Crippen LogP contribution in [0.15, 0.2) is 59.5 Å². The van der Waals surface area contributed by atoms with Gasteiger partial charge in [-0.1, -0.05) is 18.2 Å². The van der Waals surface area contributed by atoms with Gasteiger partial charge in [0.05, 0.1) is 6.42 Å². The molecule has 9 nitrogen and oxygen atoms in total. The fourth-order valence-corrected chi connectivity index (χ4v) is 4.14. The van der Waals surface area contributed by atoms with Crippen LogP contribution in [0.3, 0.4) is 0 Å². The maximum atomic E-state index is 12.9. The van der Waals surface area contributed by atoms with Crippen LogP contribution in [-0.2, 0) is 11.2 Å². The molecule has 1 saturated heterocycles. The molecule has 0 bridgehead atoms. The summed E-state index contributed by atoms with van der Waals surface area (Å²) < 4.78 is 10.7. The number of benzene rings is 2. The molecular formula is C26H26N4O5. The Labute approximate surface area is 202 Å². The summed E-state index contributed by atoms with van der Waals surface area (Å²) in [6, 6.07) is 14.1. The first-order chi connectivity index (χ1) is 17.0. The maximum Gasteiger partial charge on any atom is 0.261 e. The zero-order chi connectivity index (χ0) is 24.4. The van der Waals surface area contributed by atoms with Crippen molar-refractivity contribution in [2.75, 3.05) is 45.3 Å². The number of H-pyrrole nitrogens is 1. The lowest BCUT2D eigenvalue weighted by atomic mass is 10.0. The average Bonchev–Trinajstić information content (AvgIpc) is 3.34. The molecule has 35 heavy (non-hydrogen) atoms. The van der Waals surface area contributed by atoms with Gasteiger partial charge in [0.2, 0.25) is 12.7 Å². The minimum Gasteiger partial charge on any atom is -0.454 e. The standard InChI is InChI=1S/C26H26N4O5/c1-29-8-10-30(11-9-29)24(31)12-17-2-5-20(6-3-17)28-26(33)21-13-19(15-27-25(21)32)18-4-7-22-23(14-18)35-16-34-22/h2-7,13-15H,8-12,16H2,1H3,(H,27,32)(H,28,33). The highest BCUT2D eigenvalue weighted by Crippen LogP contribution is 2.35. The van der Waals surface area contributed by atoms with Gasteiger partial charge in [-0.3, -0.25) is 14.4 Å². The Morgan fingerprint density at radius 2 is 1.69 bits per heavy atom. The van der Waals surface area contributed by atoms with Gasteiger partial charge in [0.15, 0.2) is 11.5 Å². The van der Waals surface area contributed by atoms with E-state index in [0.717, 1.165) is 37.3 Å². The topological polar surface area (TPSA) is 104 Å². The number of rotatable bonds is 5. The van der Waals surface area contributed by atoms with Crippen LogP contribution >= 0.6 is 0 Å². The summed E-state index contributed by atoms with van der Waals surface area (Å²) >= 11 is 0. The number of aromatic amines is 1. The van der Waals surface area contributed by atoms with Crippen LogP contribution in [0, 0.1) is 0 Å². The van der Waals surface area contributed by atoms with E-state index in [2.05, 4.69) is 22.2 Å². The van der Waals surface area contributed by atoms with Gasteiger partial charge in [-0.05, 0) is 54.1 Å². The molecule has 5 rings (SSSR count). The fraction of sp³-hybridized carbons (Fsp3) is 0.269. The summed E-state index contributed by atoms with van der Waals surface area (Å²) in [4.78, 5) is 44.5. The number of piperazine rings is 1. The zero-order valence-corrected chi connectivity index (χ0v) is 19.4. The van der Waals surface area contributed by atoms with E-state index in [-0.39, 0.29) is 18.3 Å². The van der Waals surface area contributed by atoms with Crippen LogP contribution in [0.25, 0.3) is 11.1 Å². The van der Waals surface area contributed by atoms with E-state index >= 15 is 0 Å². The molecule has 1 aromatic heterocycles. The number of likely N-dealkylation sites (N-methyl/N-ethyl adjacent to an activating group) is 1. The van der Waals surface area contributed by atoms with Crippen molar-refractivity contribution in [2.45, 2.75) is 6.42 Å². The van der Waals surface area contributed by atoms with Gasteiger partial charge < -0.3 is 29.6 Å². The lowest BCUT2D eigenvalue weighted by Crippen LogP contribution is -2.47. The number of nitrogens with zero attached hydrogens (tertiary/aromatic N) is 2. The highest BCUT2D eigenvalue weighted by atomic mass is 16.7. The van der Waals surface area contributed by atoms with E-state index in [1.54, 1.807) is 36.5 Å². The molecule has 180 valence electrons. The number of hydrogen-bond donors (Lipinski definition) is 2. The Bertz CT molecular complexity index is 1310. The molecule has 0 spiro atoms. The third-order valence-electron chi connectivity index (χ3n) is 6.28. The van der Waals surface area contributed by atoms with Crippen LogP contribution < -0.4 is 20.3 Å². The van der Waals surface area contributed by atoms with E-state index in [4.69, 9.17) is 9.47 Å². The minimum absolute atomic E-state index is 0.00510. The molecule has 1 fully saturated rings. The van der Waals surface area contributed by atoms with E-state index in [1.165, 1.54) is 0 Å². The molecule has 0 aliphatic carbocycles. The second-order valence-electron chi connectivity index (χ2n) is 8.71. The molecule has 3 heterocycles. The second-order valence-corrected chi connectivity index (χ2v) is 8.71. The SMILES string of the molecule is CN1CCN(C(=O)Cc2ccc(NC(=O)c3cc(-c4ccc5c(c4)OCO5)c[nH]c3=O)cc2)CC1. The Kier molecular flexibility index (Phi) is 6.24. The molecule has 2 aliphatic rings. The monoisotopic (exact) mass is 474 g/mol. The van der Waals surface area contributed by atoms with Crippen LogP contribution in [0.2, 0.25) is 0 Å². The number of anilines is 1. The maximum absolute atomic E-state index is 12.9. The van der Waals surface area contributed by atoms with Crippen molar-refractivity contribution < 1.29 is 19.1 Å². The van der Waals surface area contributed by atoms with Crippen LogP contribution in [0.1, 0.15) is 15.9 Å².